The largest absolute Gasteiger partial charge is 0.318 e. The smallest absolute Gasteiger partial charge is 0.277 e. The van der Waals surface area contributed by atoms with Crippen LogP contribution in [0.2, 0.25) is 0 Å². The third-order valence-corrected chi connectivity index (χ3v) is 4.37. The van der Waals surface area contributed by atoms with Gasteiger partial charge in [0.05, 0.1) is 30.3 Å². The summed E-state index contributed by atoms with van der Waals surface area (Å²) in [5, 5.41) is 18.1. The van der Waals surface area contributed by atoms with Crippen LogP contribution >= 0.6 is 12.4 Å². The molecular weight excluding hydrogens is 373 g/mol. The van der Waals surface area contributed by atoms with Crippen LogP contribution in [0.3, 0.4) is 0 Å². The average Bonchev–Trinajstić information content (AvgIpc) is 3.33. The molecule has 1 aromatic carbocycles. The second-order valence-corrected chi connectivity index (χ2v) is 6.14. The molecule has 2 N–H and O–H groups in total. The fraction of sp³-hybridized carbons (Fsp3) is 0.294. The van der Waals surface area contributed by atoms with Crippen LogP contribution in [-0.2, 0) is 0 Å². The molecule has 0 unspecified atom stereocenters. The lowest BCUT2D eigenvalue weighted by Crippen LogP contribution is -2.29. The number of nitrogens with one attached hydrogen (secondary N) is 2. The van der Waals surface area contributed by atoms with Crippen molar-refractivity contribution < 1.29 is 9.18 Å². The quantitative estimate of drug-likeness (QED) is 0.711. The number of carbonyl (C=O) groups excluding carboxylic acids is 1. The van der Waals surface area contributed by atoms with Crippen molar-refractivity contribution in [3.8, 4) is 5.69 Å². The Morgan fingerprint density at radius 3 is 2.78 bits per heavy atom. The summed E-state index contributed by atoms with van der Waals surface area (Å²) >= 11 is 0. The third kappa shape index (κ3) is 4.15. The maximum Gasteiger partial charge on any atom is 0.277 e. The van der Waals surface area contributed by atoms with Gasteiger partial charge in [-0.05, 0) is 38.1 Å². The molecule has 0 aliphatic carbocycles. The predicted octanol–water partition coefficient (Wildman–Crippen LogP) is 2.20. The maximum absolute atomic E-state index is 13.8. The van der Waals surface area contributed by atoms with E-state index in [1.165, 1.54) is 16.9 Å². The third-order valence-electron chi connectivity index (χ3n) is 4.37. The molecule has 142 valence electrons. The summed E-state index contributed by atoms with van der Waals surface area (Å²) in [5.41, 5.74) is 1.00. The first-order valence-corrected chi connectivity index (χ1v) is 8.44. The molecule has 3 aromatic rings. The van der Waals surface area contributed by atoms with E-state index in [1.54, 1.807) is 35.3 Å². The van der Waals surface area contributed by atoms with Crippen molar-refractivity contribution in [2.24, 2.45) is 0 Å². The Morgan fingerprint density at radius 1 is 1.22 bits per heavy atom. The molecule has 27 heavy (non-hydrogen) atoms. The van der Waals surface area contributed by atoms with Crippen LogP contribution in [0.15, 0.2) is 42.9 Å². The van der Waals surface area contributed by atoms with Gasteiger partial charge in [0, 0.05) is 0 Å². The molecule has 0 radical (unpaired) electrons. The van der Waals surface area contributed by atoms with E-state index in [1.807, 2.05) is 0 Å². The first-order valence-electron chi connectivity index (χ1n) is 8.44. The van der Waals surface area contributed by atoms with Gasteiger partial charge >= 0.3 is 0 Å². The van der Waals surface area contributed by atoms with E-state index in [0.29, 0.717) is 11.4 Å². The number of benzene rings is 1. The normalized spacial score (nSPS) is 14.6. The van der Waals surface area contributed by atoms with Crippen LogP contribution in [0.4, 0.5) is 10.1 Å². The zero-order chi connectivity index (χ0) is 17.9. The van der Waals surface area contributed by atoms with E-state index in [4.69, 9.17) is 0 Å². The lowest BCUT2D eigenvalue weighted by atomic mass is 10.1. The van der Waals surface area contributed by atoms with Crippen LogP contribution < -0.4 is 10.6 Å². The van der Waals surface area contributed by atoms with Crippen LogP contribution in [-0.4, -0.2) is 43.8 Å². The van der Waals surface area contributed by atoms with E-state index in [9.17, 15) is 9.18 Å². The van der Waals surface area contributed by atoms with Gasteiger partial charge in [-0.25, -0.2) is 13.8 Å². The number of hydrogen-bond donors (Lipinski definition) is 2. The molecule has 1 aliphatic rings. The predicted molar refractivity (Wildman–Crippen MR) is 99.9 cm³/mol. The van der Waals surface area contributed by atoms with Crippen molar-refractivity contribution in [2.75, 3.05) is 18.4 Å². The zero-order valence-corrected chi connectivity index (χ0v) is 15.2. The highest BCUT2D eigenvalue weighted by atomic mass is 35.5. The van der Waals surface area contributed by atoms with Crippen LogP contribution in [0.5, 0.6) is 0 Å². The maximum atomic E-state index is 13.8. The highest BCUT2D eigenvalue weighted by Crippen LogP contribution is 2.18. The Morgan fingerprint density at radius 2 is 2.00 bits per heavy atom. The molecule has 2 aromatic heterocycles. The topological polar surface area (TPSA) is 89.7 Å². The van der Waals surface area contributed by atoms with Crippen LogP contribution in [0.25, 0.3) is 5.69 Å². The van der Waals surface area contributed by atoms with Gasteiger partial charge in [0.25, 0.3) is 5.91 Å². The second-order valence-electron chi connectivity index (χ2n) is 6.14. The average molecular weight is 392 g/mol. The number of piperidine rings is 1. The molecule has 8 nitrogen and oxygen atoms in total. The number of nitrogens with zero attached hydrogens (tertiary/aromatic N) is 5. The summed E-state index contributed by atoms with van der Waals surface area (Å²) < 4.78 is 16.9. The first-order chi connectivity index (χ1) is 12.7. The number of halogens is 2. The Labute approximate surface area is 161 Å². The summed E-state index contributed by atoms with van der Waals surface area (Å²) in [6, 6.07) is 6.55. The first kappa shape index (κ1) is 19.0. The number of rotatable bonds is 4. The van der Waals surface area contributed by atoms with Gasteiger partial charge in [-0.2, -0.15) is 5.10 Å². The molecule has 1 aliphatic heterocycles. The fourth-order valence-corrected chi connectivity index (χ4v) is 2.98. The minimum atomic E-state index is -0.390. The molecule has 0 spiro atoms. The Hall–Kier alpha value is -2.78. The van der Waals surface area contributed by atoms with Gasteiger partial charge in [-0.15, -0.1) is 17.5 Å². The Bertz CT molecular complexity index is 919. The van der Waals surface area contributed by atoms with Gasteiger partial charge in [-0.3, -0.25) is 4.79 Å². The van der Waals surface area contributed by atoms with Crippen molar-refractivity contribution in [1.82, 2.24) is 30.1 Å². The molecule has 3 heterocycles. The van der Waals surface area contributed by atoms with Gasteiger partial charge < -0.3 is 10.6 Å². The summed E-state index contributed by atoms with van der Waals surface area (Å²) in [6.45, 7) is 1.86. The van der Waals surface area contributed by atoms with Crippen molar-refractivity contribution in [3.05, 3.63) is 54.4 Å². The lowest BCUT2D eigenvalue weighted by Gasteiger charge is -2.22. The van der Waals surface area contributed by atoms with E-state index in [2.05, 4.69) is 26.0 Å². The van der Waals surface area contributed by atoms with Crippen molar-refractivity contribution >= 4 is 24.0 Å². The van der Waals surface area contributed by atoms with Gasteiger partial charge in [0.15, 0.2) is 5.69 Å². The second kappa shape index (κ2) is 8.28. The molecule has 0 atom stereocenters. The molecule has 4 rings (SSSR count). The SMILES string of the molecule is Cl.O=C(Nc1cnn(-c2ccccc2F)c1)c1cn(C2CCNCC2)nn1. The summed E-state index contributed by atoms with van der Waals surface area (Å²) in [7, 11) is 0. The molecule has 0 bridgehead atoms. The van der Waals surface area contributed by atoms with Gasteiger partial charge in [0.1, 0.15) is 11.5 Å². The van der Waals surface area contributed by atoms with E-state index < -0.39 is 5.82 Å². The molecule has 1 amide bonds. The van der Waals surface area contributed by atoms with Crippen molar-refractivity contribution in [2.45, 2.75) is 18.9 Å². The molecule has 10 heteroatoms. The Kier molecular flexibility index (Phi) is 5.82. The minimum Gasteiger partial charge on any atom is -0.318 e. The van der Waals surface area contributed by atoms with Crippen LogP contribution in [0.1, 0.15) is 29.4 Å². The number of aromatic nitrogens is 5. The highest BCUT2D eigenvalue weighted by Gasteiger charge is 2.19. The van der Waals surface area contributed by atoms with E-state index in [-0.39, 0.29) is 30.0 Å². The van der Waals surface area contributed by atoms with Crippen LogP contribution in [0, 0.1) is 5.82 Å². The van der Waals surface area contributed by atoms with Gasteiger partial charge in [-0.1, -0.05) is 17.3 Å². The van der Waals surface area contributed by atoms with Gasteiger partial charge in [0.2, 0.25) is 0 Å². The summed E-state index contributed by atoms with van der Waals surface area (Å²) in [5.74, 6) is -0.767. The minimum absolute atomic E-state index is 0. The number of anilines is 1. The summed E-state index contributed by atoms with van der Waals surface area (Å²) in [4.78, 5) is 12.4. The molecule has 0 saturated carbocycles. The lowest BCUT2D eigenvalue weighted by molar-refractivity contribution is 0.102. The fourth-order valence-electron chi connectivity index (χ4n) is 2.98. The molecular formula is C17H19ClFN7O. The number of amides is 1. The number of hydrogen-bond acceptors (Lipinski definition) is 5. The highest BCUT2D eigenvalue weighted by molar-refractivity contribution is 6.02. The number of carbonyl (C=O) groups is 1. The number of para-hydroxylation sites is 1. The summed E-state index contributed by atoms with van der Waals surface area (Å²) in [6.07, 6.45) is 6.58. The van der Waals surface area contributed by atoms with E-state index in [0.717, 1.165) is 25.9 Å². The van der Waals surface area contributed by atoms with Crippen molar-refractivity contribution in [1.29, 1.82) is 0 Å². The Balaban J connectivity index is 0.00000210. The van der Waals surface area contributed by atoms with E-state index >= 15 is 0 Å². The monoisotopic (exact) mass is 391 g/mol. The van der Waals surface area contributed by atoms with Crippen molar-refractivity contribution in [3.63, 3.8) is 0 Å². The molecule has 1 saturated heterocycles. The zero-order valence-electron chi connectivity index (χ0n) is 14.4. The molecule has 1 fully saturated rings. The standard InChI is InChI=1S/C17H18FN7O.ClH/c18-14-3-1-2-4-16(14)25-10-12(9-20-25)21-17(26)15-11-24(23-22-15)13-5-7-19-8-6-13;/h1-4,9-11,13,19H,5-8H2,(H,21,26);1H.